The Hall–Kier alpha value is -3.49. The van der Waals surface area contributed by atoms with Crippen LogP contribution in [0.15, 0.2) is 42.5 Å². The fourth-order valence-electron chi connectivity index (χ4n) is 4.35. The predicted octanol–water partition coefficient (Wildman–Crippen LogP) is 5.21. The second kappa shape index (κ2) is 7.89. The number of fused-ring (bicyclic) bond motifs is 1. The number of alkyl halides is 3. The molecule has 1 saturated carbocycles. The average Bonchev–Trinajstić information content (AvgIpc) is 2.94. The van der Waals surface area contributed by atoms with Gasteiger partial charge in [0.05, 0.1) is 11.4 Å². The lowest BCUT2D eigenvalue weighted by atomic mass is 9.72. The van der Waals surface area contributed by atoms with Gasteiger partial charge in [0.15, 0.2) is 0 Å². The van der Waals surface area contributed by atoms with E-state index in [9.17, 15) is 33.0 Å². The van der Waals surface area contributed by atoms with Crippen molar-refractivity contribution in [1.29, 1.82) is 0 Å². The van der Waals surface area contributed by atoms with Gasteiger partial charge in [-0.15, -0.1) is 13.2 Å². The summed E-state index contributed by atoms with van der Waals surface area (Å²) < 4.78 is 42.4. The molecule has 0 bridgehead atoms. The third-order valence-corrected chi connectivity index (χ3v) is 5.97. The number of phenolic OH excluding ortho intramolecular Hbond substituents is 1. The highest BCUT2D eigenvalue weighted by atomic mass is 19.4. The Morgan fingerprint density at radius 2 is 1.78 bits per heavy atom. The van der Waals surface area contributed by atoms with Gasteiger partial charge in [0.2, 0.25) is 0 Å². The number of nitrogens with zero attached hydrogens (tertiary/aromatic N) is 1. The van der Waals surface area contributed by atoms with Gasteiger partial charge in [0, 0.05) is 16.6 Å². The largest absolute Gasteiger partial charge is 0.573 e. The Bertz CT molecular complexity index is 1190. The molecule has 1 heterocycles. The molecular weight excluding hydrogens is 427 g/mol. The van der Waals surface area contributed by atoms with E-state index < -0.39 is 29.9 Å². The molecule has 0 radical (unpaired) electrons. The number of carboxylic acids is 1. The van der Waals surface area contributed by atoms with Gasteiger partial charge >= 0.3 is 12.3 Å². The minimum absolute atomic E-state index is 0.0604. The van der Waals surface area contributed by atoms with Crippen molar-refractivity contribution in [2.45, 2.75) is 38.5 Å². The molecule has 32 heavy (non-hydrogen) atoms. The van der Waals surface area contributed by atoms with E-state index in [-0.39, 0.29) is 17.2 Å². The summed E-state index contributed by atoms with van der Waals surface area (Å²) in [4.78, 5) is 25.5. The second-order valence-corrected chi connectivity index (χ2v) is 7.92. The maximum Gasteiger partial charge on any atom is 0.573 e. The number of aliphatic carboxylic acids is 1. The van der Waals surface area contributed by atoms with Crippen LogP contribution < -0.4 is 4.74 Å². The van der Waals surface area contributed by atoms with Crippen LogP contribution in [0.4, 0.5) is 13.2 Å². The van der Waals surface area contributed by atoms with Crippen molar-refractivity contribution in [3.8, 4) is 11.5 Å². The molecular formula is C23H20F3NO5. The van der Waals surface area contributed by atoms with Crippen LogP contribution in [-0.4, -0.2) is 33.0 Å². The van der Waals surface area contributed by atoms with E-state index in [1.54, 1.807) is 6.92 Å². The molecule has 0 saturated heterocycles. The van der Waals surface area contributed by atoms with Gasteiger partial charge in [0.25, 0.3) is 5.91 Å². The van der Waals surface area contributed by atoms with Gasteiger partial charge in [0.1, 0.15) is 11.5 Å². The van der Waals surface area contributed by atoms with Crippen LogP contribution in [0, 0.1) is 12.8 Å². The number of phenols is 1. The number of benzene rings is 2. The van der Waals surface area contributed by atoms with Crippen LogP contribution >= 0.6 is 0 Å². The van der Waals surface area contributed by atoms with Gasteiger partial charge in [-0.25, -0.2) is 0 Å². The van der Waals surface area contributed by atoms with Crippen molar-refractivity contribution in [2.75, 3.05) is 0 Å². The third kappa shape index (κ3) is 3.90. The molecule has 4 rings (SSSR count). The van der Waals surface area contributed by atoms with Gasteiger partial charge < -0.3 is 14.9 Å². The molecule has 2 N–H and O–H groups in total. The second-order valence-electron chi connectivity index (χ2n) is 7.92. The molecule has 1 aliphatic carbocycles. The molecule has 0 amide bonds. The third-order valence-electron chi connectivity index (χ3n) is 5.97. The Morgan fingerprint density at radius 3 is 2.31 bits per heavy atom. The molecule has 2 aromatic carbocycles. The first kappa shape index (κ1) is 21.7. The first-order chi connectivity index (χ1) is 15.1. The summed E-state index contributed by atoms with van der Waals surface area (Å²) in [7, 11) is 0. The van der Waals surface area contributed by atoms with Gasteiger partial charge in [-0.2, -0.15) is 0 Å². The van der Waals surface area contributed by atoms with E-state index in [1.807, 2.05) is 0 Å². The monoisotopic (exact) mass is 447 g/mol. The molecule has 168 valence electrons. The van der Waals surface area contributed by atoms with Crippen molar-refractivity contribution in [2.24, 2.45) is 5.92 Å². The van der Waals surface area contributed by atoms with E-state index in [0.717, 1.165) is 31.4 Å². The van der Waals surface area contributed by atoms with Crippen LogP contribution in [0.5, 0.6) is 11.5 Å². The molecule has 3 aromatic rings. The quantitative estimate of drug-likeness (QED) is 0.561. The highest BCUT2D eigenvalue weighted by Gasteiger charge is 2.38. The Labute approximate surface area is 180 Å². The van der Waals surface area contributed by atoms with Crippen LogP contribution in [0.1, 0.15) is 46.8 Å². The number of aromatic nitrogens is 1. The lowest BCUT2D eigenvalue weighted by molar-refractivity contribution is -0.274. The lowest BCUT2D eigenvalue weighted by Gasteiger charge is -2.31. The van der Waals surface area contributed by atoms with Crippen molar-refractivity contribution < 1.29 is 37.7 Å². The zero-order valence-electron chi connectivity index (χ0n) is 17.0. The smallest absolute Gasteiger partial charge is 0.508 e. The number of aromatic hydroxyl groups is 1. The van der Waals surface area contributed by atoms with E-state index in [4.69, 9.17) is 0 Å². The van der Waals surface area contributed by atoms with Crippen molar-refractivity contribution in [1.82, 2.24) is 4.57 Å². The summed E-state index contributed by atoms with van der Waals surface area (Å²) in [5.41, 5.74) is 1.42. The minimum Gasteiger partial charge on any atom is -0.508 e. The molecule has 9 heteroatoms. The lowest BCUT2D eigenvalue weighted by Crippen LogP contribution is -2.27. The summed E-state index contributed by atoms with van der Waals surface area (Å²) in [6, 6.07) is 8.89. The number of carbonyl (C=O) groups excluding carboxylic acids is 1. The van der Waals surface area contributed by atoms with Crippen molar-refractivity contribution in [3.05, 3.63) is 59.3 Å². The molecule has 1 atom stereocenters. The molecule has 0 spiro atoms. The fraction of sp³-hybridized carbons (Fsp3) is 0.304. The molecule has 1 aromatic heterocycles. The van der Waals surface area contributed by atoms with Gasteiger partial charge in [-0.1, -0.05) is 6.42 Å². The first-order valence-corrected chi connectivity index (χ1v) is 10.0. The van der Waals surface area contributed by atoms with Crippen LogP contribution in [-0.2, 0) is 4.79 Å². The highest BCUT2D eigenvalue weighted by Crippen LogP contribution is 2.44. The number of hydrogen-bond donors (Lipinski definition) is 2. The number of halogens is 3. The predicted molar refractivity (Wildman–Crippen MR) is 109 cm³/mol. The number of ether oxygens (including phenoxy) is 1. The summed E-state index contributed by atoms with van der Waals surface area (Å²) in [5.74, 6) is -2.94. The first-order valence-electron chi connectivity index (χ1n) is 10.0. The molecule has 0 aliphatic heterocycles. The van der Waals surface area contributed by atoms with Crippen LogP contribution in [0.25, 0.3) is 10.9 Å². The van der Waals surface area contributed by atoms with Gasteiger partial charge in [-0.3, -0.25) is 14.2 Å². The number of carboxylic acid groups (broad SMARTS) is 1. The van der Waals surface area contributed by atoms with E-state index in [0.29, 0.717) is 22.2 Å². The zero-order chi connectivity index (χ0) is 23.2. The molecule has 6 nitrogen and oxygen atoms in total. The Morgan fingerprint density at radius 1 is 1.12 bits per heavy atom. The van der Waals surface area contributed by atoms with E-state index >= 15 is 0 Å². The average molecular weight is 447 g/mol. The summed E-state index contributed by atoms with van der Waals surface area (Å²) >= 11 is 0. The standard InChI is InChI=1S/C23H20F3NO5/c1-12-19(20(22(30)31)13-3-2-4-13)17-11-15(28)7-10-18(17)27(12)21(29)14-5-8-16(9-6-14)32-23(24,25)26/h5-11,13,20,28H,2-4H2,1H3,(H,30,31). The number of carbonyl (C=O) groups is 2. The summed E-state index contributed by atoms with van der Waals surface area (Å²) in [5, 5.41) is 20.4. The molecule has 1 aliphatic rings. The van der Waals surface area contributed by atoms with Crippen LogP contribution in [0.3, 0.4) is 0 Å². The van der Waals surface area contributed by atoms with Gasteiger partial charge in [-0.05, 0) is 73.7 Å². The van der Waals surface area contributed by atoms with E-state index in [2.05, 4.69) is 4.74 Å². The topological polar surface area (TPSA) is 88.8 Å². The minimum atomic E-state index is -4.84. The molecule has 1 unspecified atom stereocenters. The van der Waals surface area contributed by atoms with Crippen LogP contribution in [0.2, 0.25) is 0 Å². The SMILES string of the molecule is Cc1c(C(C(=O)O)C2CCC2)c2cc(O)ccc2n1C(=O)c1ccc(OC(F)(F)F)cc1. The summed E-state index contributed by atoms with van der Waals surface area (Å²) in [6.07, 6.45) is -2.39. The normalized spacial score (nSPS) is 15.4. The van der Waals surface area contributed by atoms with E-state index in [1.165, 1.54) is 34.9 Å². The molecule has 1 fully saturated rings. The number of hydrogen-bond acceptors (Lipinski definition) is 4. The maximum atomic E-state index is 13.3. The van der Waals surface area contributed by atoms with Crippen molar-refractivity contribution in [3.63, 3.8) is 0 Å². The van der Waals surface area contributed by atoms with Crippen molar-refractivity contribution >= 4 is 22.8 Å². The maximum absolute atomic E-state index is 13.3. The fourth-order valence-corrected chi connectivity index (χ4v) is 4.35. The Kier molecular flexibility index (Phi) is 5.36. The number of rotatable bonds is 5. The summed E-state index contributed by atoms with van der Waals surface area (Å²) in [6.45, 7) is 1.64. The Balaban J connectivity index is 1.82. The highest BCUT2D eigenvalue weighted by molar-refractivity contribution is 6.05. The zero-order valence-corrected chi connectivity index (χ0v) is 17.0.